The van der Waals surface area contributed by atoms with Crippen molar-refractivity contribution in [2.24, 2.45) is 0 Å². The van der Waals surface area contributed by atoms with Crippen LogP contribution >= 0.6 is 15.9 Å². The molecule has 146 valence electrons. The molecule has 3 aromatic rings. The summed E-state index contributed by atoms with van der Waals surface area (Å²) < 4.78 is 7.08. The summed E-state index contributed by atoms with van der Waals surface area (Å²) >= 11 is 3.44. The van der Waals surface area contributed by atoms with Crippen LogP contribution < -0.4 is 20.9 Å². The van der Waals surface area contributed by atoms with Crippen LogP contribution in [0.25, 0.3) is 47.9 Å². The van der Waals surface area contributed by atoms with Crippen molar-refractivity contribution in [1.29, 1.82) is 0 Å². The van der Waals surface area contributed by atoms with Gasteiger partial charge in [0.2, 0.25) is 5.89 Å². The lowest BCUT2D eigenvalue weighted by molar-refractivity contribution is 0.617. The second kappa shape index (κ2) is 11.3. The van der Waals surface area contributed by atoms with Crippen LogP contribution in [-0.4, -0.2) is 4.98 Å². The SMILES string of the molecule is C=C/C=c1\c(=C)c(=C)/c(=C\C=C)c2oc(-c3ccc(Br)cc3)nc12.CC.CC. The molecule has 3 heteroatoms. The first-order valence-corrected chi connectivity index (χ1v) is 10.2. The Morgan fingerprint density at radius 1 is 0.857 bits per heavy atom. The predicted octanol–water partition coefficient (Wildman–Crippen LogP) is 5.06. The predicted molar refractivity (Wildman–Crippen MR) is 129 cm³/mol. The number of allylic oxidation sites excluding steroid dienone is 2. The molecule has 28 heavy (non-hydrogen) atoms. The van der Waals surface area contributed by atoms with Crippen molar-refractivity contribution >= 4 is 52.3 Å². The Kier molecular flexibility index (Phi) is 9.40. The molecule has 2 aromatic carbocycles. The molecule has 0 saturated heterocycles. The number of oxazole rings is 1. The quantitative estimate of drug-likeness (QED) is 0.571. The number of aromatic nitrogens is 1. The summed E-state index contributed by atoms with van der Waals surface area (Å²) in [6, 6.07) is 7.83. The smallest absolute Gasteiger partial charge is 0.227 e. The van der Waals surface area contributed by atoms with E-state index < -0.39 is 0 Å². The molecule has 0 amide bonds. The summed E-state index contributed by atoms with van der Waals surface area (Å²) in [4.78, 5) is 4.69. The molecule has 0 bridgehead atoms. The Labute approximate surface area is 175 Å². The lowest BCUT2D eigenvalue weighted by Gasteiger charge is -1.95. The van der Waals surface area contributed by atoms with E-state index in [-0.39, 0.29) is 0 Å². The minimum atomic E-state index is 0.555. The molecule has 0 aliphatic heterocycles. The zero-order valence-corrected chi connectivity index (χ0v) is 18.8. The Hall–Kier alpha value is -2.65. The number of hydrogen-bond donors (Lipinski definition) is 0. The molecule has 2 nitrogen and oxygen atoms in total. The number of nitrogens with zero attached hydrogens (tertiary/aromatic N) is 1. The third-order valence-electron chi connectivity index (χ3n) is 3.80. The molecule has 0 aliphatic carbocycles. The molecular weight excluding hydrogens is 410 g/mol. The van der Waals surface area contributed by atoms with Crippen molar-refractivity contribution in [3.8, 4) is 11.5 Å². The molecule has 3 rings (SSSR count). The second-order valence-electron chi connectivity index (χ2n) is 5.29. The molecular formula is C25H28BrNO. The van der Waals surface area contributed by atoms with E-state index in [1.165, 1.54) is 0 Å². The van der Waals surface area contributed by atoms with Crippen LogP contribution in [-0.2, 0) is 0 Å². The minimum Gasteiger partial charge on any atom is -0.435 e. The highest BCUT2D eigenvalue weighted by Gasteiger charge is 2.11. The topological polar surface area (TPSA) is 26.0 Å². The van der Waals surface area contributed by atoms with E-state index in [0.717, 1.165) is 36.4 Å². The van der Waals surface area contributed by atoms with Crippen LogP contribution in [0.4, 0.5) is 0 Å². The lowest BCUT2D eigenvalue weighted by atomic mass is 10.1. The number of rotatable bonds is 3. The summed E-state index contributed by atoms with van der Waals surface area (Å²) in [5.74, 6) is 0.555. The first kappa shape index (κ1) is 23.4. The van der Waals surface area contributed by atoms with Gasteiger partial charge in [-0.3, -0.25) is 0 Å². The normalized spacial score (nSPS) is 11.3. The molecule has 0 fully saturated rings. The maximum Gasteiger partial charge on any atom is 0.227 e. The van der Waals surface area contributed by atoms with Gasteiger partial charge in [-0.1, -0.05) is 94.2 Å². The van der Waals surface area contributed by atoms with Crippen molar-refractivity contribution in [3.63, 3.8) is 0 Å². The largest absolute Gasteiger partial charge is 0.435 e. The van der Waals surface area contributed by atoms with Gasteiger partial charge in [0.15, 0.2) is 5.58 Å². The van der Waals surface area contributed by atoms with Crippen LogP contribution in [0.2, 0.25) is 0 Å². The number of halogens is 1. The van der Waals surface area contributed by atoms with Gasteiger partial charge in [-0.2, -0.15) is 0 Å². The van der Waals surface area contributed by atoms with Crippen LogP contribution in [0.1, 0.15) is 27.7 Å². The Bertz CT molecular complexity index is 1100. The van der Waals surface area contributed by atoms with Crippen LogP contribution in [0.15, 0.2) is 58.5 Å². The van der Waals surface area contributed by atoms with Gasteiger partial charge in [-0.25, -0.2) is 4.98 Å². The first-order chi connectivity index (χ1) is 13.6. The maximum absolute atomic E-state index is 6.07. The van der Waals surface area contributed by atoms with E-state index in [0.29, 0.717) is 11.5 Å². The van der Waals surface area contributed by atoms with Gasteiger partial charge in [0.05, 0.1) is 0 Å². The number of benzene rings is 2. The van der Waals surface area contributed by atoms with Gasteiger partial charge >= 0.3 is 0 Å². The number of hydrogen-bond acceptors (Lipinski definition) is 2. The van der Waals surface area contributed by atoms with Crippen molar-refractivity contribution in [2.75, 3.05) is 0 Å². The average molecular weight is 438 g/mol. The third kappa shape index (κ3) is 4.79. The van der Waals surface area contributed by atoms with Gasteiger partial charge in [0.1, 0.15) is 5.52 Å². The van der Waals surface area contributed by atoms with E-state index in [9.17, 15) is 0 Å². The van der Waals surface area contributed by atoms with Gasteiger partial charge < -0.3 is 4.42 Å². The molecule has 0 unspecified atom stereocenters. The first-order valence-electron chi connectivity index (χ1n) is 9.38. The standard InChI is InChI=1S/C21H16BrNO.2C2H6/c1-5-7-17-13(3)14(4)18(8-6-2)20-19(17)23-21(24-20)15-9-11-16(22)12-10-15;2*1-2/h5-12H,1-4H2;2*1-2H3/b17-7+,18-8+;;. The summed E-state index contributed by atoms with van der Waals surface area (Å²) in [5.41, 5.74) is 2.33. The number of fused-ring (bicyclic) bond motifs is 1. The maximum atomic E-state index is 6.07. The van der Waals surface area contributed by atoms with Crippen LogP contribution in [0.5, 0.6) is 0 Å². The highest BCUT2D eigenvalue weighted by molar-refractivity contribution is 9.10. The summed E-state index contributed by atoms with van der Waals surface area (Å²) in [6.07, 6.45) is 7.17. The van der Waals surface area contributed by atoms with Crippen molar-refractivity contribution in [3.05, 3.63) is 74.9 Å². The van der Waals surface area contributed by atoms with Crippen LogP contribution in [0.3, 0.4) is 0 Å². The molecule has 0 aliphatic rings. The Morgan fingerprint density at radius 3 is 1.89 bits per heavy atom. The lowest BCUT2D eigenvalue weighted by Crippen LogP contribution is -2.46. The van der Waals surface area contributed by atoms with E-state index in [2.05, 4.69) is 42.2 Å². The van der Waals surface area contributed by atoms with Gasteiger partial charge in [0.25, 0.3) is 0 Å². The zero-order valence-electron chi connectivity index (χ0n) is 17.2. The summed E-state index contributed by atoms with van der Waals surface area (Å²) in [5, 5.41) is 3.33. The molecule has 0 atom stereocenters. The summed E-state index contributed by atoms with van der Waals surface area (Å²) in [6.45, 7) is 23.8. The summed E-state index contributed by atoms with van der Waals surface area (Å²) in [7, 11) is 0. The highest BCUT2D eigenvalue weighted by atomic mass is 79.9. The van der Waals surface area contributed by atoms with Crippen molar-refractivity contribution < 1.29 is 4.42 Å². The second-order valence-corrected chi connectivity index (χ2v) is 6.21. The van der Waals surface area contributed by atoms with Crippen LogP contribution in [0, 0.1) is 0 Å². The van der Waals surface area contributed by atoms with Gasteiger partial charge in [-0.05, 0) is 34.7 Å². The molecule has 0 spiro atoms. The fourth-order valence-corrected chi connectivity index (χ4v) is 2.86. The fourth-order valence-electron chi connectivity index (χ4n) is 2.60. The van der Waals surface area contributed by atoms with Gasteiger partial charge in [0, 0.05) is 20.5 Å². The van der Waals surface area contributed by atoms with E-state index in [1.807, 2.05) is 64.1 Å². The molecule has 1 heterocycles. The molecule has 0 radical (unpaired) electrons. The molecule has 0 saturated carbocycles. The fraction of sp³-hybridized carbons (Fsp3) is 0.160. The van der Waals surface area contributed by atoms with E-state index in [1.54, 1.807) is 12.2 Å². The van der Waals surface area contributed by atoms with E-state index >= 15 is 0 Å². The average Bonchev–Trinajstić information content (AvgIpc) is 3.17. The minimum absolute atomic E-state index is 0.555. The molecule has 0 N–H and O–H groups in total. The highest BCUT2D eigenvalue weighted by Crippen LogP contribution is 2.22. The van der Waals surface area contributed by atoms with Gasteiger partial charge in [-0.15, -0.1) is 0 Å². The molecule has 1 aromatic heterocycles. The third-order valence-corrected chi connectivity index (χ3v) is 4.33. The van der Waals surface area contributed by atoms with E-state index in [4.69, 9.17) is 9.40 Å². The Balaban J connectivity index is 0.000000921. The van der Waals surface area contributed by atoms with Crippen molar-refractivity contribution in [2.45, 2.75) is 27.7 Å². The zero-order chi connectivity index (χ0) is 21.3. The Morgan fingerprint density at radius 2 is 1.36 bits per heavy atom. The monoisotopic (exact) mass is 437 g/mol. The van der Waals surface area contributed by atoms with Crippen molar-refractivity contribution in [1.82, 2.24) is 4.98 Å².